The maximum Gasteiger partial charge on any atom is 0.354 e. The lowest BCUT2D eigenvalue weighted by Crippen LogP contribution is -2.19. The summed E-state index contributed by atoms with van der Waals surface area (Å²) in [6.07, 6.45) is 2.44. The summed E-state index contributed by atoms with van der Waals surface area (Å²) in [6, 6.07) is 7.42. The van der Waals surface area contributed by atoms with E-state index in [0.717, 1.165) is 6.42 Å². The molecule has 0 amide bonds. The van der Waals surface area contributed by atoms with Gasteiger partial charge < -0.3 is 4.74 Å². The van der Waals surface area contributed by atoms with Crippen LogP contribution in [0.2, 0.25) is 0 Å². The van der Waals surface area contributed by atoms with Crippen LogP contribution in [0.4, 0.5) is 0 Å². The maximum atomic E-state index is 12.5. The van der Waals surface area contributed by atoms with Crippen LogP contribution in [0.15, 0.2) is 35.4 Å². The number of carbonyl (C=O) groups excluding carboxylic acids is 1. The van der Waals surface area contributed by atoms with Gasteiger partial charge in [0.05, 0.1) is 11.7 Å². The second-order valence-electron chi connectivity index (χ2n) is 5.46. The molecule has 0 bridgehead atoms. The van der Waals surface area contributed by atoms with E-state index >= 15 is 0 Å². The highest BCUT2D eigenvalue weighted by molar-refractivity contribution is 7.20. The first-order valence-electron chi connectivity index (χ1n) is 7.84. The highest BCUT2D eigenvalue weighted by Crippen LogP contribution is 2.28. The maximum absolute atomic E-state index is 12.5. The van der Waals surface area contributed by atoms with Gasteiger partial charge in [-0.3, -0.25) is 9.36 Å². The molecule has 2 aromatic heterocycles. The molecule has 3 rings (SSSR count). The Balaban J connectivity index is 1.96. The van der Waals surface area contributed by atoms with Crippen LogP contribution in [0.5, 0.6) is 5.75 Å². The molecule has 6 heteroatoms. The van der Waals surface area contributed by atoms with Crippen LogP contribution < -0.4 is 10.3 Å². The van der Waals surface area contributed by atoms with Crippen molar-refractivity contribution in [1.82, 2.24) is 9.55 Å². The quantitative estimate of drug-likeness (QED) is 0.537. The molecule has 3 aromatic rings. The van der Waals surface area contributed by atoms with Crippen LogP contribution in [0.1, 0.15) is 34.6 Å². The van der Waals surface area contributed by atoms with Crippen LogP contribution in [-0.2, 0) is 13.0 Å². The third kappa shape index (κ3) is 2.85. The predicted octanol–water partition coefficient (Wildman–Crippen LogP) is 3.57. The summed E-state index contributed by atoms with van der Waals surface area (Å²) in [5.74, 6) is 0.0372. The first kappa shape index (κ1) is 16.4. The zero-order chi connectivity index (χ0) is 17.3. The van der Waals surface area contributed by atoms with Crippen molar-refractivity contribution < 1.29 is 9.53 Å². The molecule has 0 fully saturated rings. The fourth-order valence-corrected chi connectivity index (χ4v) is 3.54. The van der Waals surface area contributed by atoms with Crippen molar-refractivity contribution in [3.8, 4) is 5.75 Å². The molecule has 1 aromatic carbocycles. The smallest absolute Gasteiger partial charge is 0.354 e. The third-order valence-corrected chi connectivity index (χ3v) is 5.17. The van der Waals surface area contributed by atoms with Gasteiger partial charge in [-0.05, 0) is 43.5 Å². The van der Waals surface area contributed by atoms with Crippen LogP contribution in [0, 0.1) is 6.92 Å². The topological polar surface area (TPSA) is 61.2 Å². The number of aryl methyl sites for hydroxylation is 3. The zero-order valence-corrected chi connectivity index (χ0v) is 14.6. The van der Waals surface area contributed by atoms with E-state index in [1.807, 2.05) is 19.1 Å². The zero-order valence-electron chi connectivity index (χ0n) is 13.8. The molecule has 0 aliphatic heterocycles. The van der Waals surface area contributed by atoms with E-state index in [1.165, 1.54) is 27.8 Å². The van der Waals surface area contributed by atoms with Gasteiger partial charge in [0.2, 0.25) is 0 Å². The Kier molecular flexibility index (Phi) is 4.49. The number of rotatable bonds is 4. The second kappa shape index (κ2) is 6.57. The number of hydrogen-bond donors (Lipinski definition) is 0. The second-order valence-corrected chi connectivity index (χ2v) is 6.46. The van der Waals surface area contributed by atoms with Crippen molar-refractivity contribution in [2.75, 3.05) is 0 Å². The predicted molar refractivity (Wildman–Crippen MR) is 95.1 cm³/mol. The number of nitrogens with zero attached hydrogens (tertiary/aromatic N) is 2. The summed E-state index contributed by atoms with van der Waals surface area (Å²) < 4.78 is 6.97. The molecule has 0 N–H and O–H groups in total. The average molecular weight is 342 g/mol. The number of ether oxygens (including phenoxy) is 1. The van der Waals surface area contributed by atoms with E-state index in [0.29, 0.717) is 33.0 Å². The summed E-state index contributed by atoms with van der Waals surface area (Å²) in [7, 11) is 0. The fourth-order valence-electron chi connectivity index (χ4n) is 2.53. The Bertz CT molecular complexity index is 955. The Morgan fingerprint density at radius 2 is 1.96 bits per heavy atom. The van der Waals surface area contributed by atoms with Crippen molar-refractivity contribution in [2.45, 2.75) is 33.7 Å². The largest absolute Gasteiger partial charge is 0.422 e. The van der Waals surface area contributed by atoms with Crippen LogP contribution in [0.3, 0.4) is 0 Å². The standard InChI is InChI=1S/C18H18N2O3S/c1-4-12-6-8-13(9-7-12)23-18(22)15-11(3)14-16(24-15)19-10-20(5-2)17(14)21/h6-10H,4-5H2,1-3H3. The molecule has 0 atom stereocenters. The molecule has 0 aliphatic carbocycles. The van der Waals surface area contributed by atoms with E-state index < -0.39 is 5.97 Å². The molecule has 0 unspecified atom stereocenters. The highest BCUT2D eigenvalue weighted by Gasteiger charge is 2.20. The first-order valence-corrected chi connectivity index (χ1v) is 8.66. The monoisotopic (exact) mass is 342 g/mol. The van der Waals surface area contributed by atoms with Gasteiger partial charge in [0, 0.05) is 6.54 Å². The van der Waals surface area contributed by atoms with Crippen LogP contribution in [0.25, 0.3) is 10.2 Å². The van der Waals surface area contributed by atoms with E-state index in [4.69, 9.17) is 4.74 Å². The number of thiophene rings is 1. The number of hydrogen-bond acceptors (Lipinski definition) is 5. The normalized spacial score (nSPS) is 11.0. The molecular formula is C18H18N2O3S. The van der Waals surface area contributed by atoms with E-state index in [9.17, 15) is 9.59 Å². The lowest BCUT2D eigenvalue weighted by atomic mass is 10.2. The van der Waals surface area contributed by atoms with Gasteiger partial charge in [-0.1, -0.05) is 19.1 Å². The van der Waals surface area contributed by atoms with Crippen molar-refractivity contribution >= 4 is 27.5 Å². The van der Waals surface area contributed by atoms with Crippen molar-refractivity contribution in [3.63, 3.8) is 0 Å². The minimum atomic E-state index is -0.456. The summed E-state index contributed by atoms with van der Waals surface area (Å²) in [5, 5.41) is 0.498. The van der Waals surface area contributed by atoms with Gasteiger partial charge in [0.1, 0.15) is 15.5 Å². The van der Waals surface area contributed by atoms with E-state index in [2.05, 4.69) is 11.9 Å². The minimum Gasteiger partial charge on any atom is -0.422 e. The number of carbonyl (C=O) groups is 1. The van der Waals surface area contributed by atoms with E-state index in [1.54, 1.807) is 19.1 Å². The minimum absolute atomic E-state index is 0.123. The SMILES string of the molecule is CCc1ccc(OC(=O)c2sc3ncn(CC)c(=O)c3c2C)cc1. The average Bonchev–Trinajstić information content (AvgIpc) is 2.93. The number of fused-ring (bicyclic) bond motifs is 1. The molecule has 0 saturated carbocycles. The van der Waals surface area contributed by atoms with Crippen molar-refractivity contribution in [3.05, 3.63) is 57.0 Å². The molecule has 0 spiro atoms. The summed E-state index contributed by atoms with van der Waals surface area (Å²) in [6.45, 7) is 6.25. The van der Waals surface area contributed by atoms with Gasteiger partial charge in [-0.15, -0.1) is 11.3 Å². The van der Waals surface area contributed by atoms with Crippen molar-refractivity contribution in [1.29, 1.82) is 0 Å². The van der Waals surface area contributed by atoms with Gasteiger partial charge in [0.15, 0.2) is 0 Å². The lowest BCUT2D eigenvalue weighted by molar-refractivity contribution is 0.0739. The third-order valence-electron chi connectivity index (χ3n) is 3.99. The number of esters is 1. The summed E-state index contributed by atoms with van der Waals surface area (Å²) >= 11 is 1.19. The van der Waals surface area contributed by atoms with Gasteiger partial charge in [-0.25, -0.2) is 9.78 Å². The number of aromatic nitrogens is 2. The van der Waals surface area contributed by atoms with Crippen LogP contribution in [-0.4, -0.2) is 15.5 Å². The Morgan fingerprint density at radius 3 is 2.58 bits per heavy atom. The molecule has 124 valence electrons. The molecule has 5 nitrogen and oxygen atoms in total. The molecular weight excluding hydrogens is 324 g/mol. The Labute approximate surface area is 143 Å². The summed E-state index contributed by atoms with van der Waals surface area (Å²) in [5.41, 5.74) is 1.69. The van der Waals surface area contributed by atoms with E-state index in [-0.39, 0.29) is 5.56 Å². The summed E-state index contributed by atoms with van der Waals surface area (Å²) in [4.78, 5) is 30.2. The first-order chi connectivity index (χ1) is 11.5. The Morgan fingerprint density at radius 1 is 1.25 bits per heavy atom. The van der Waals surface area contributed by atoms with Gasteiger partial charge in [0.25, 0.3) is 5.56 Å². The fraction of sp³-hybridized carbons (Fsp3) is 0.278. The van der Waals surface area contributed by atoms with Gasteiger partial charge in [-0.2, -0.15) is 0 Å². The Hall–Kier alpha value is -2.47. The molecule has 0 saturated heterocycles. The molecule has 0 aliphatic rings. The number of benzene rings is 1. The molecule has 24 heavy (non-hydrogen) atoms. The lowest BCUT2D eigenvalue weighted by Gasteiger charge is -2.04. The molecule has 0 radical (unpaired) electrons. The van der Waals surface area contributed by atoms with Gasteiger partial charge >= 0.3 is 5.97 Å². The highest BCUT2D eigenvalue weighted by atomic mass is 32.1. The van der Waals surface area contributed by atoms with Crippen molar-refractivity contribution in [2.24, 2.45) is 0 Å². The van der Waals surface area contributed by atoms with Crippen LogP contribution >= 0.6 is 11.3 Å². The molecule has 2 heterocycles.